The van der Waals surface area contributed by atoms with Crippen LogP contribution in [0.15, 0.2) is 41.7 Å². The van der Waals surface area contributed by atoms with Gasteiger partial charge in [0.2, 0.25) is 0 Å². The third kappa shape index (κ3) is 2.62. The lowest BCUT2D eigenvalue weighted by atomic mass is 10.2. The number of rotatable bonds is 3. The highest BCUT2D eigenvalue weighted by molar-refractivity contribution is 5.86. The fourth-order valence-corrected chi connectivity index (χ4v) is 0.892. The van der Waals surface area contributed by atoms with Crippen LogP contribution in [-0.2, 0) is 4.79 Å². The highest BCUT2D eigenvalue weighted by Crippen LogP contribution is 2.14. The molecule has 0 amide bonds. The van der Waals surface area contributed by atoms with E-state index in [4.69, 9.17) is 9.84 Å². The minimum atomic E-state index is -0.960. The van der Waals surface area contributed by atoms with Crippen molar-refractivity contribution in [3.63, 3.8) is 0 Å². The Labute approximate surface area is 82.6 Å². The van der Waals surface area contributed by atoms with Crippen LogP contribution in [-0.4, -0.2) is 11.1 Å². The fraction of sp³-hybridized carbons (Fsp3) is 0.182. The number of para-hydroxylation sites is 1. The van der Waals surface area contributed by atoms with Crippen LogP contribution in [0.2, 0.25) is 0 Å². The molecule has 3 heteroatoms. The summed E-state index contributed by atoms with van der Waals surface area (Å²) >= 11 is 0. The van der Waals surface area contributed by atoms with Crippen LogP contribution in [0.1, 0.15) is 13.8 Å². The monoisotopic (exact) mass is 192 g/mol. The maximum atomic E-state index is 10.6. The molecule has 1 rings (SSSR count). The van der Waals surface area contributed by atoms with Crippen LogP contribution in [0.5, 0.6) is 5.75 Å². The Morgan fingerprint density at radius 2 is 1.79 bits per heavy atom. The van der Waals surface area contributed by atoms with Crippen LogP contribution in [0.4, 0.5) is 0 Å². The van der Waals surface area contributed by atoms with Gasteiger partial charge in [-0.15, -0.1) is 0 Å². The molecule has 14 heavy (non-hydrogen) atoms. The second-order valence-corrected chi connectivity index (χ2v) is 2.90. The van der Waals surface area contributed by atoms with Crippen LogP contribution < -0.4 is 4.74 Å². The first-order valence-electron chi connectivity index (χ1n) is 4.25. The summed E-state index contributed by atoms with van der Waals surface area (Å²) in [7, 11) is 0. The highest BCUT2D eigenvalue weighted by atomic mass is 16.5. The molecule has 74 valence electrons. The molecular formula is C11H12O3. The molecular weight excluding hydrogens is 180 g/mol. The molecule has 1 aromatic rings. The number of benzene rings is 1. The number of hydrogen-bond donors (Lipinski definition) is 1. The normalized spacial score (nSPS) is 11.9. The lowest BCUT2D eigenvalue weighted by Crippen LogP contribution is -2.03. The topological polar surface area (TPSA) is 46.5 Å². The van der Waals surface area contributed by atoms with E-state index in [2.05, 4.69) is 0 Å². The predicted molar refractivity (Wildman–Crippen MR) is 53.1 cm³/mol. The Bertz CT molecular complexity index is 352. The van der Waals surface area contributed by atoms with Gasteiger partial charge in [0.15, 0.2) is 0 Å². The number of carbonyl (C=O) groups is 1. The molecule has 0 spiro atoms. The Hall–Kier alpha value is -1.77. The molecule has 0 unspecified atom stereocenters. The van der Waals surface area contributed by atoms with Crippen molar-refractivity contribution in [1.82, 2.24) is 0 Å². The van der Waals surface area contributed by atoms with Crippen molar-refractivity contribution in [2.24, 2.45) is 0 Å². The number of ether oxygens (including phenoxy) is 1. The zero-order valence-corrected chi connectivity index (χ0v) is 8.15. The van der Waals surface area contributed by atoms with E-state index in [0.29, 0.717) is 11.5 Å². The summed E-state index contributed by atoms with van der Waals surface area (Å²) in [5.41, 5.74) is 0.217. The molecule has 0 aliphatic heterocycles. The van der Waals surface area contributed by atoms with Crippen molar-refractivity contribution in [2.45, 2.75) is 13.8 Å². The van der Waals surface area contributed by atoms with Crippen molar-refractivity contribution < 1.29 is 14.6 Å². The molecule has 0 saturated carbocycles. The maximum absolute atomic E-state index is 10.6. The van der Waals surface area contributed by atoms with Crippen molar-refractivity contribution in [2.75, 3.05) is 0 Å². The Morgan fingerprint density at radius 3 is 2.29 bits per heavy atom. The number of aliphatic carboxylic acids is 1. The average Bonchev–Trinajstić information content (AvgIpc) is 2.18. The molecule has 0 bridgehead atoms. The van der Waals surface area contributed by atoms with E-state index in [1.165, 1.54) is 6.92 Å². The first-order valence-corrected chi connectivity index (χ1v) is 4.25. The van der Waals surface area contributed by atoms with E-state index in [1.807, 2.05) is 18.2 Å². The SMILES string of the molecule is CC(Oc1ccccc1)=C(C)C(=O)O. The van der Waals surface area contributed by atoms with Gasteiger partial charge in [-0.2, -0.15) is 0 Å². The van der Waals surface area contributed by atoms with Crippen LogP contribution >= 0.6 is 0 Å². The standard InChI is InChI=1S/C11H12O3/c1-8(11(12)13)9(2)14-10-6-4-3-5-7-10/h3-7H,1-2H3,(H,12,13). The molecule has 0 aliphatic carbocycles. The smallest absolute Gasteiger partial charge is 0.334 e. The van der Waals surface area contributed by atoms with Crippen LogP contribution in [0.3, 0.4) is 0 Å². The van der Waals surface area contributed by atoms with Crippen LogP contribution in [0, 0.1) is 0 Å². The lowest BCUT2D eigenvalue weighted by molar-refractivity contribution is -0.132. The second-order valence-electron chi connectivity index (χ2n) is 2.90. The van der Waals surface area contributed by atoms with E-state index in [1.54, 1.807) is 19.1 Å². The summed E-state index contributed by atoms with van der Waals surface area (Å²) < 4.78 is 5.34. The first kappa shape index (κ1) is 10.3. The number of allylic oxidation sites excluding steroid dienone is 1. The summed E-state index contributed by atoms with van der Waals surface area (Å²) in [6.45, 7) is 3.15. The summed E-state index contributed by atoms with van der Waals surface area (Å²) in [6, 6.07) is 9.09. The maximum Gasteiger partial charge on any atom is 0.334 e. The van der Waals surface area contributed by atoms with E-state index >= 15 is 0 Å². The zero-order valence-electron chi connectivity index (χ0n) is 8.15. The Balaban J connectivity index is 2.80. The molecule has 1 aromatic carbocycles. The van der Waals surface area contributed by atoms with E-state index in [9.17, 15) is 4.79 Å². The number of hydrogen-bond acceptors (Lipinski definition) is 2. The lowest BCUT2D eigenvalue weighted by Gasteiger charge is -2.06. The molecule has 0 aromatic heterocycles. The molecule has 0 fully saturated rings. The molecule has 3 nitrogen and oxygen atoms in total. The molecule has 1 N–H and O–H groups in total. The zero-order chi connectivity index (χ0) is 10.6. The second kappa shape index (κ2) is 4.46. The highest BCUT2D eigenvalue weighted by Gasteiger charge is 2.06. The van der Waals surface area contributed by atoms with E-state index in [-0.39, 0.29) is 5.57 Å². The van der Waals surface area contributed by atoms with Crippen molar-refractivity contribution >= 4 is 5.97 Å². The quantitative estimate of drug-likeness (QED) is 0.591. The first-order chi connectivity index (χ1) is 6.61. The van der Waals surface area contributed by atoms with Gasteiger partial charge >= 0.3 is 5.97 Å². The Morgan fingerprint density at radius 1 is 1.21 bits per heavy atom. The minimum Gasteiger partial charge on any atom is -0.478 e. The van der Waals surface area contributed by atoms with Gasteiger partial charge in [-0.3, -0.25) is 0 Å². The number of carboxylic acid groups (broad SMARTS) is 1. The van der Waals surface area contributed by atoms with E-state index < -0.39 is 5.97 Å². The molecule has 0 heterocycles. The fourth-order valence-electron chi connectivity index (χ4n) is 0.892. The molecule has 0 saturated heterocycles. The summed E-state index contributed by atoms with van der Waals surface area (Å²) in [6.07, 6.45) is 0. The van der Waals surface area contributed by atoms with Gasteiger partial charge in [0.05, 0.1) is 5.57 Å². The van der Waals surface area contributed by atoms with Gasteiger partial charge in [0, 0.05) is 0 Å². The van der Waals surface area contributed by atoms with Gasteiger partial charge in [0.1, 0.15) is 11.5 Å². The third-order valence-electron chi connectivity index (χ3n) is 1.86. The van der Waals surface area contributed by atoms with Gasteiger partial charge in [-0.25, -0.2) is 4.79 Å². The van der Waals surface area contributed by atoms with Crippen LogP contribution in [0.25, 0.3) is 0 Å². The van der Waals surface area contributed by atoms with Gasteiger partial charge in [-0.05, 0) is 26.0 Å². The summed E-state index contributed by atoms with van der Waals surface area (Å²) in [5.74, 6) is 0.0905. The van der Waals surface area contributed by atoms with Crippen molar-refractivity contribution in [3.8, 4) is 5.75 Å². The largest absolute Gasteiger partial charge is 0.478 e. The number of carboxylic acids is 1. The Kier molecular flexibility index (Phi) is 3.29. The molecule has 0 radical (unpaired) electrons. The van der Waals surface area contributed by atoms with Crippen molar-refractivity contribution in [1.29, 1.82) is 0 Å². The third-order valence-corrected chi connectivity index (χ3v) is 1.86. The van der Waals surface area contributed by atoms with Gasteiger partial charge < -0.3 is 9.84 Å². The summed E-state index contributed by atoms with van der Waals surface area (Å²) in [5, 5.41) is 8.69. The molecule has 0 atom stereocenters. The molecule has 0 aliphatic rings. The summed E-state index contributed by atoms with van der Waals surface area (Å²) in [4.78, 5) is 10.6. The van der Waals surface area contributed by atoms with Gasteiger partial charge in [-0.1, -0.05) is 18.2 Å². The van der Waals surface area contributed by atoms with Crippen molar-refractivity contribution in [3.05, 3.63) is 41.7 Å². The van der Waals surface area contributed by atoms with Gasteiger partial charge in [0.25, 0.3) is 0 Å². The average molecular weight is 192 g/mol. The minimum absolute atomic E-state index is 0.217. The predicted octanol–water partition coefficient (Wildman–Crippen LogP) is 2.44. The van der Waals surface area contributed by atoms with E-state index in [0.717, 1.165) is 0 Å².